The minimum Gasteiger partial charge on any atom is -0.267 e. The van der Waals surface area contributed by atoms with Crippen molar-refractivity contribution in [3.8, 4) is 17.1 Å². The lowest BCUT2D eigenvalue weighted by Crippen LogP contribution is -2.42. The molecule has 9 heteroatoms. The van der Waals surface area contributed by atoms with Crippen LogP contribution in [0.25, 0.3) is 17.1 Å². The first-order valence-corrected chi connectivity index (χ1v) is 9.96. The van der Waals surface area contributed by atoms with Crippen LogP contribution in [0.3, 0.4) is 0 Å². The average Bonchev–Trinajstić information content (AvgIpc) is 3.24. The molecule has 0 saturated heterocycles. The highest BCUT2D eigenvalue weighted by Gasteiger charge is 2.20. The van der Waals surface area contributed by atoms with Crippen molar-refractivity contribution in [2.24, 2.45) is 0 Å². The fourth-order valence-corrected chi connectivity index (χ4v) is 3.37. The molecule has 0 aliphatic carbocycles. The van der Waals surface area contributed by atoms with Crippen LogP contribution in [0, 0.1) is 5.82 Å². The third kappa shape index (κ3) is 4.51. The van der Waals surface area contributed by atoms with Crippen LogP contribution in [-0.4, -0.2) is 26.6 Å². The summed E-state index contributed by atoms with van der Waals surface area (Å²) in [5, 5.41) is 4.32. The molecule has 0 saturated carbocycles. The number of halogens is 2. The van der Waals surface area contributed by atoms with Gasteiger partial charge in [-0.25, -0.2) is 14.1 Å². The van der Waals surface area contributed by atoms with Gasteiger partial charge >= 0.3 is 5.91 Å². The van der Waals surface area contributed by atoms with Crippen molar-refractivity contribution in [2.75, 3.05) is 0 Å². The van der Waals surface area contributed by atoms with E-state index >= 15 is 0 Å². The maximum Gasteiger partial charge on any atom is 0.309 e. The predicted molar refractivity (Wildman–Crippen MR) is 116 cm³/mol. The predicted octanol–water partition coefficient (Wildman–Crippen LogP) is 3.91. The summed E-state index contributed by atoms with van der Waals surface area (Å²) in [6, 6.07) is 22.2. The van der Waals surface area contributed by atoms with Crippen molar-refractivity contribution >= 4 is 27.7 Å². The van der Waals surface area contributed by atoms with Gasteiger partial charge in [0.25, 0.3) is 5.91 Å². The molecule has 31 heavy (non-hydrogen) atoms. The second kappa shape index (κ2) is 8.88. The summed E-state index contributed by atoms with van der Waals surface area (Å²) in [4.78, 5) is 29.3. The largest absolute Gasteiger partial charge is 0.309 e. The minimum absolute atomic E-state index is 0.124. The highest BCUT2D eigenvalue weighted by Crippen LogP contribution is 2.21. The molecular formula is C22H15BrFN5O2. The van der Waals surface area contributed by atoms with E-state index < -0.39 is 17.6 Å². The fourth-order valence-electron chi connectivity index (χ4n) is 2.84. The summed E-state index contributed by atoms with van der Waals surface area (Å²) in [6.45, 7) is 0. The fraction of sp³-hybridized carbons (Fsp3) is 0. The molecule has 4 rings (SSSR count). The van der Waals surface area contributed by atoms with Crippen LogP contribution in [0.5, 0.6) is 0 Å². The number of rotatable bonds is 4. The van der Waals surface area contributed by atoms with Gasteiger partial charge in [0.2, 0.25) is 5.82 Å². The summed E-state index contributed by atoms with van der Waals surface area (Å²) >= 11 is 3.12. The van der Waals surface area contributed by atoms with Gasteiger partial charge in [-0.2, -0.15) is 0 Å². The van der Waals surface area contributed by atoms with E-state index in [4.69, 9.17) is 0 Å². The van der Waals surface area contributed by atoms with Crippen LogP contribution >= 0.6 is 15.9 Å². The molecule has 0 fully saturated rings. The Kier molecular flexibility index (Phi) is 5.85. The molecule has 0 aliphatic heterocycles. The topological polar surface area (TPSA) is 88.9 Å². The standard InChI is InChI=1S/C22H15BrFN5O2/c23-18-13-15(24)11-12-17(18)21(30)26-27-22(31)19-25-20(14-7-3-1-4-8-14)29(28-19)16-9-5-2-6-10-16/h1-13H,(H,26,30)(H,27,31). The van der Waals surface area contributed by atoms with Gasteiger partial charge in [0.05, 0.1) is 11.3 Å². The van der Waals surface area contributed by atoms with Crippen LogP contribution in [0.15, 0.2) is 83.3 Å². The van der Waals surface area contributed by atoms with Crippen LogP contribution in [0.1, 0.15) is 21.0 Å². The summed E-state index contributed by atoms with van der Waals surface area (Å²) in [5.74, 6) is -1.45. The van der Waals surface area contributed by atoms with Gasteiger partial charge in [-0.3, -0.25) is 20.4 Å². The van der Waals surface area contributed by atoms with E-state index in [0.29, 0.717) is 5.82 Å². The highest BCUT2D eigenvalue weighted by molar-refractivity contribution is 9.10. The molecular weight excluding hydrogens is 465 g/mol. The number of benzene rings is 3. The number of carbonyl (C=O) groups excluding carboxylic acids is 2. The minimum atomic E-state index is -0.696. The smallest absolute Gasteiger partial charge is 0.267 e. The van der Waals surface area contributed by atoms with E-state index in [-0.39, 0.29) is 15.9 Å². The average molecular weight is 480 g/mol. The van der Waals surface area contributed by atoms with Crippen LogP contribution in [-0.2, 0) is 0 Å². The van der Waals surface area contributed by atoms with Crippen LogP contribution < -0.4 is 10.9 Å². The molecule has 4 aromatic rings. The maximum atomic E-state index is 13.2. The van der Waals surface area contributed by atoms with Gasteiger partial charge in [0.1, 0.15) is 5.82 Å². The van der Waals surface area contributed by atoms with E-state index in [1.807, 2.05) is 60.7 Å². The first kappa shape index (κ1) is 20.4. The number of aromatic nitrogens is 3. The van der Waals surface area contributed by atoms with Crippen LogP contribution in [0.4, 0.5) is 4.39 Å². The number of hydrazine groups is 1. The third-order valence-electron chi connectivity index (χ3n) is 4.31. The number of hydrogen-bond donors (Lipinski definition) is 2. The Morgan fingerprint density at radius 1 is 0.871 bits per heavy atom. The second-order valence-electron chi connectivity index (χ2n) is 6.40. The number of para-hydroxylation sites is 1. The molecule has 0 spiro atoms. The van der Waals surface area contributed by atoms with Crippen molar-refractivity contribution < 1.29 is 14.0 Å². The number of amides is 2. The van der Waals surface area contributed by atoms with Crippen molar-refractivity contribution in [3.05, 3.63) is 101 Å². The number of nitrogens with zero attached hydrogens (tertiary/aromatic N) is 3. The lowest BCUT2D eigenvalue weighted by molar-refractivity contribution is 0.0840. The Labute approximate surface area is 185 Å². The summed E-state index contributed by atoms with van der Waals surface area (Å²) < 4.78 is 15.0. The van der Waals surface area contributed by atoms with Gasteiger partial charge in [-0.1, -0.05) is 48.5 Å². The zero-order valence-corrected chi connectivity index (χ0v) is 17.5. The first-order valence-electron chi connectivity index (χ1n) is 9.16. The highest BCUT2D eigenvalue weighted by atomic mass is 79.9. The van der Waals surface area contributed by atoms with Gasteiger partial charge in [-0.05, 0) is 46.3 Å². The molecule has 0 bridgehead atoms. The monoisotopic (exact) mass is 479 g/mol. The molecule has 154 valence electrons. The Hall–Kier alpha value is -3.85. The van der Waals surface area contributed by atoms with Crippen molar-refractivity contribution in [3.63, 3.8) is 0 Å². The van der Waals surface area contributed by atoms with Crippen LogP contribution in [0.2, 0.25) is 0 Å². The van der Waals surface area contributed by atoms with Gasteiger partial charge in [-0.15, -0.1) is 5.10 Å². The Bertz CT molecular complexity index is 1190. The number of carbonyl (C=O) groups is 2. The summed E-state index contributed by atoms with van der Waals surface area (Å²) in [6.07, 6.45) is 0. The van der Waals surface area contributed by atoms with E-state index in [9.17, 15) is 14.0 Å². The Balaban J connectivity index is 1.58. The number of hydrogen-bond acceptors (Lipinski definition) is 4. The number of nitrogens with one attached hydrogen (secondary N) is 2. The second-order valence-corrected chi connectivity index (χ2v) is 7.26. The zero-order chi connectivity index (χ0) is 21.8. The molecule has 1 aromatic heterocycles. The maximum absolute atomic E-state index is 13.2. The first-order chi connectivity index (χ1) is 15.0. The van der Waals surface area contributed by atoms with E-state index in [1.165, 1.54) is 6.07 Å². The Morgan fingerprint density at radius 3 is 2.19 bits per heavy atom. The molecule has 3 aromatic carbocycles. The third-order valence-corrected chi connectivity index (χ3v) is 4.96. The van der Waals surface area contributed by atoms with Gasteiger partial charge in [0.15, 0.2) is 5.82 Å². The van der Waals surface area contributed by atoms with Gasteiger partial charge in [0, 0.05) is 10.0 Å². The lowest BCUT2D eigenvalue weighted by atomic mass is 10.2. The molecule has 1 heterocycles. The summed E-state index contributed by atoms with van der Waals surface area (Å²) in [5.41, 5.74) is 6.24. The van der Waals surface area contributed by atoms with E-state index in [2.05, 4.69) is 36.9 Å². The van der Waals surface area contributed by atoms with Crippen molar-refractivity contribution in [1.29, 1.82) is 0 Å². The lowest BCUT2D eigenvalue weighted by Gasteiger charge is -2.07. The van der Waals surface area contributed by atoms with E-state index in [1.54, 1.807) is 4.68 Å². The normalized spacial score (nSPS) is 10.5. The zero-order valence-electron chi connectivity index (χ0n) is 15.9. The molecule has 0 radical (unpaired) electrons. The molecule has 0 unspecified atom stereocenters. The van der Waals surface area contributed by atoms with Gasteiger partial charge < -0.3 is 0 Å². The Morgan fingerprint density at radius 2 is 1.52 bits per heavy atom. The van der Waals surface area contributed by atoms with Crippen molar-refractivity contribution in [2.45, 2.75) is 0 Å². The molecule has 7 nitrogen and oxygen atoms in total. The van der Waals surface area contributed by atoms with Crippen molar-refractivity contribution in [1.82, 2.24) is 25.6 Å². The molecule has 0 atom stereocenters. The summed E-state index contributed by atoms with van der Waals surface area (Å²) in [7, 11) is 0. The van der Waals surface area contributed by atoms with E-state index in [0.717, 1.165) is 23.4 Å². The molecule has 2 N–H and O–H groups in total. The quantitative estimate of drug-likeness (QED) is 0.434. The SMILES string of the molecule is O=C(NNC(=O)c1ccc(F)cc1Br)c1nc(-c2ccccc2)n(-c2ccccc2)n1. The molecule has 0 aliphatic rings. The molecule has 2 amide bonds.